The predicted molar refractivity (Wildman–Crippen MR) is 130 cm³/mol. The summed E-state index contributed by atoms with van der Waals surface area (Å²) in [5, 5.41) is 3.51. The molecule has 0 spiro atoms. The summed E-state index contributed by atoms with van der Waals surface area (Å²) in [6.07, 6.45) is 6.49. The molecule has 5 heteroatoms. The molecule has 1 atom stereocenters. The molecule has 0 unspecified atom stereocenters. The first-order valence-corrected chi connectivity index (χ1v) is 11.0. The van der Waals surface area contributed by atoms with Crippen molar-refractivity contribution < 1.29 is 4.74 Å². The van der Waals surface area contributed by atoms with Gasteiger partial charge in [-0.1, -0.05) is 46.3 Å². The maximum absolute atomic E-state index is 6.40. The lowest BCUT2D eigenvalue weighted by molar-refractivity contribution is 0.288. The van der Waals surface area contributed by atoms with E-state index in [0.717, 1.165) is 44.1 Å². The highest BCUT2D eigenvalue weighted by Gasteiger charge is 2.11. The smallest absolute Gasteiger partial charge is 0.121 e. The molecule has 0 fully saturated rings. The van der Waals surface area contributed by atoms with Crippen LogP contribution in [0.5, 0.6) is 5.75 Å². The topological polar surface area (TPSA) is 63.9 Å². The molecule has 4 nitrogen and oxygen atoms in total. The average molecular weight is 472 g/mol. The van der Waals surface area contributed by atoms with Crippen LogP contribution in [0.3, 0.4) is 0 Å². The van der Waals surface area contributed by atoms with Crippen molar-refractivity contribution in [2.45, 2.75) is 12.5 Å². The summed E-state index contributed by atoms with van der Waals surface area (Å²) in [6.45, 7) is 0.443. The Morgan fingerprint density at radius 1 is 0.968 bits per heavy atom. The van der Waals surface area contributed by atoms with Crippen LogP contribution in [0.25, 0.3) is 32.8 Å². The van der Waals surface area contributed by atoms with E-state index in [-0.39, 0.29) is 6.04 Å². The van der Waals surface area contributed by atoms with Crippen LogP contribution in [0, 0.1) is 0 Å². The van der Waals surface area contributed by atoms with E-state index in [1.165, 1.54) is 10.9 Å². The van der Waals surface area contributed by atoms with Crippen molar-refractivity contribution in [2.75, 3.05) is 6.61 Å². The normalized spacial score (nSPS) is 12.3. The molecular formula is C26H22BrN3O. The first kappa shape index (κ1) is 19.8. The number of benzene rings is 3. The van der Waals surface area contributed by atoms with Crippen molar-refractivity contribution in [3.63, 3.8) is 0 Å². The van der Waals surface area contributed by atoms with Gasteiger partial charge in [-0.3, -0.25) is 4.98 Å². The van der Waals surface area contributed by atoms with Gasteiger partial charge in [-0.25, -0.2) is 0 Å². The number of rotatable bonds is 6. The van der Waals surface area contributed by atoms with Gasteiger partial charge in [-0.15, -0.1) is 0 Å². The van der Waals surface area contributed by atoms with Gasteiger partial charge in [-0.2, -0.15) is 0 Å². The molecule has 0 aliphatic carbocycles. The fourth-order valence-electron chi connectivity index (χ4n) is 3.92. The Labute approximate surface area is 189 Å². The minimum Gasteiger partial charge on any atom is -0.492 e. The van der Waals surface area contributed by atoms with E-state index in [0.29, 0.717) is 6.61 Å². The van der Waals surface area contributed by atoms with Crippen molar-refractivity contribution in [3.8, 4) is 16.9 Å². The average Bonchev–Trinajstić information content (AvgIpc) is 3.20. The second-order valence-corrected chi connectivity index (χ2v) is 8.66. The number of fused-ring (bicyclic) bond motifs is 2. The van der Waals surface area contributed by atoms with Crippen molar-refractivity contribution >= 4 is 37.6 Å². The van der Waals surface area contributed by atoms with Crippen LogP contribution in [0.2, 0.25) is 0 Å². The first-order valence-electron chi connectivity index (χ1n) is 10.2. The molecule has 0 aliphatic rings. The van der Waals surface area contributed by atoms with Crippen LogP contribution in [0.4, 0.5) is 0 Å². The number of hydrogen-bond acceptors (Lipinski definition) is 3. The number of hydrogen-bond donors (Lipinski definition) is 2. The minimum absolute atomic E-state index is 0.102. The molecule has 2 aromatic heterocycles. The van der Waals surface area contributed by atoms with E-state index < -0.39 is 0 Å². The highest BCUT2D eigenvalue weighted by atomic mass is 79.9. The monoisotopic (exact) mass is 471 g/mol. The number of nitrogens with two attached hydrogens (primary N) is 1. The molecule has 0 amide bonds. The number of pyridine rings is 1. The lowest BCUT2D eigenvalue weighted by atomic mass is 10.0. The third kappa shape index (κ3) is 4.33. The summed E-state index contributed by atoms with van der Waals surface area (Å²) in [7, 11) is 0. The maximum atomic E-state index is 6.40. The van der Waals surface area contributed by atoms with Gasteiger partial charge >= 0.3 is 0 Å². The Balaban J connectivity index is 1.32. The fraction of sp³-hybridized carbons (Fsp3) is 0.115. The highest BCUT2D eigenvalue weighted by molar-refractivity contribution is 9.10. The van der Waals surface area contributed by atoms with Crippen LogP contribution in [0.15, 0.2) is 89.8 Å². The van der Waals surface area contributed by atoms with Crippen LogP contribution >= 0.6 is 15.9 Å². The molecule has 0 bridgehead atoms. The zero-order chi connectivity index (χ0) is 21.2. The van der Waals surface area contributed by atoms with Gasteiger partial charge in [0.1, 0.15) is 12.4 Å². The van der Waals surface area contributed by atoms with Gasteiger partial charge in [0.05, 0.1) is 0 Å². The molecule has 0 saturated carbocycles. The van der Waals surface area contributed by atoms with E-state index in [9.17, 15) is 0 Å². The summed E-state index contributed by atoms with van der Waals surface area (Å²) >= 11 is 3.62. The third-order valence-corrected chi connectivity index (χ3v) is 5.92. The maximum Gasteiger partial charge on any atom is 0.121 e. The summed E-state index contributed by atoms with van der Waals surface area (Å²) in [6, 6.07) is 22.7. The first-order chi connectivity index (χ1) is 15.2. The van der Waals surface area contributed by atoms with E-state index in [1.54, 1.807) is 0 Å². The van der Waals surface area contributed by atoms with Crippen molar-refractivity contribution in [1.29, 1.82) is 0 Å². The van der Waals surface area contributed by atoms with Gasteiger partial charge in [0.2, 0.25) is 0 Å². The molecule has 2 heterocycles. The molecule has 5 aromatic rings. The number of H-pyrrole nitrogens is 1. The fourth-order valence-corrected chi connectivity index (χ4v) is 4.39. The quantitative estimate of drug-likeness (QED) is 0.314. The van der Waals surface area contributed by atoms with Crippen molar-refractivity contribution in [3.05, 3.63) is 95.4 Å². The van der Waals surface area contributed by atoms with E-state index in [1.807, 2.05) is 42.9 Å². The number of nitrogens with zero attached hydrogens (tertiary/aromatic N) is 1. The number of ether oxygens (including phenoxy) is 1. The lowest BCUT2D eigenvalue weighted by Crippen LogP contribution is -2.30. The Hall–Kier alpha value is -3.15. The van der Waals surface area contributed by atoms with Crippen LogP contribution in [-0.4, -0.2) is 22.6 Å². The molecule has 3 aromatic carbocycles. The van der Waals surface area contributed by atoms with Gasteiger partial charge in [0.25, 0.3) is 0 Å². The number of aromatic amines is 1. The molecule has 0 aliphatic heterocycles. The Bertz CT molecular complexity index is 1360. The van der Waals surface area contributed by atoms with Crippen LogP contribution in [-0.2, 0) is 6.42 Å². The largest absolute Gasteiger partial charge is 0.492 e. The van der Waals surface area contributed by atoms with Crippen LogP contribution < -0.4 is 10.5 Å². The van der Waals surface area contributed by atoms with E-state index in [2.05, 4.69) is 68.4 Å². The SMILES string of the molecule is N[C@H](COc1cc(Br)cc(-c2ccc3cnccc3c2)c1)Cc1c[nH]c2ccccc12. The number of aromatic nitrogens is 2. The minimum atomic E-state index is -0.102. The summed E-state index contributed by atoms with van der Waals surface area (Å²) in [5.74, 6) is 0.800. The summed E-state index contributed by atoms with van der Waals surface area (Å²) in [5.41, 5.74) is 11.0. The Morgan fingerprint density at radius 2 is 1.87 bits per heavy atom. The predicted octanol–water partition coefficient (Wildman–Crippen LogP) is 6.09. The second kappa shape index (κ2) is 8.53. The standard InChI is InChI=1S/C26H22BrN3O/c27-22-10-20(17-5-6-19-14-29-8-7-18(19)9-17)12-24(13-22)31-16-23(28)11-21-15-30-26-4-2-1-3-25(21)26/h1-10,12-15,23,30H,11,16,28H2/t23-/m0/s1. The van der Waals surface area contributed by atoms with E-state index in [4.69, 9.17) is 10.5 Å². The van der Waals surface area contributed by atoms with Gasteiger partial charge < -0.3 is 15.5 Å². The molecule has 154 valence electrons. The van der Waals surface area contributed by atoms with Crippen molar-refractivity contribution in [1.82, 2.24) is 9.97 Å². The Morgan fingerprint density at radius 3 is 2.81 bits per heavy atom. The van der Waals surface area contributed by atoms with Gasteiger partial charge in [0, 0.05) is 45.4 Å². The van der Waals surface area contributed by atoms with E-state index >= 15 is 0 Å². The molecule has 5 rings (SSSR count). The molecule has 3 N–H and O–H groups in total. The van der Waals surface area contributed by atoms with Crippen molar-refractivity contribution in [2.24, 2.45) is 5.73 Å². The number of halogens is 1. The van der Waals surface area contributed by atoms with Gasteiger partial charge in [-0.05, 0) is 64.9 Å². The molecule has 0 radical (unpaired) electrons. The summed E-state index contributed by atoms with van der Waals surface area (Å²) < 4.78 is 7.06. The summed E-state index contributed by atoms with van der Waals surface area (Å²) in [4.78, 5) is 7.49. The molecule has 0 saturated heterocycles. The van der Waals surface area contributed by atoms with Gasteiger partial charge in [0.15, 0.2) is 0 Å². The zero-order valence-electron chi connectivity index (χ0n) is 16.9. The molecular weight excluding hydrogens is 450 g/mol. The highest BCUT2D eigenvalue weighted by Crippen LogP contribution is 2.31. The third-order valence-electron chi connectivity index (χ3n) is 5.47. The Kier molecular flexibility index (Phi) is 5.45. The number of nitrogens with one attached hydrogen (secondary N) is 1. The zero-order valence-corrected chi connectivity index (χ0v) is 18.5. The lowest BCUT2D eigenvalue weighted by Gasteiger charge is -2.14. The van der Waals surface area contributed by atoms with Crippen LogP contribution in [0.1, 0.15) is 5.56 Å². The second-order valence-electron chi connectivity index (χ2n) is 7.75. The number of para-hydroxylation sites is 1. The molecule has 31 heavy (non-hydrogen) atoms.